The highest BCUT2D eigenvalue weighted by Crippen LogP contribution is 2.13. The summed E-state index contributed by atoms with van der Waals surface area (Å²) in [5, 5.41) is 5.47. The average molecular weight is 293 g/mol. The molecule has 0 bridgehead atoms. The Balaban J connectivity index is 2.46. The molecule has 1 aromatic rings. The van der Waals surface area contributed by atoms with E-state index < -0.39 is 0 Å². The summed E-state index contributed by atoms with van der Waals surface area (Å²) < 4.78 is 0. The fourth-order valence-corrected chi connectivity index (χ4v) is 1.65. The molecule has 0 aliphatic carbocycles. The second kappa shape index (κ2) is 8.21. The number of carbonyl (C=O) groups is 2. The molecule has 116 valence electrons. The third-order valence-corrected chi connectivity index (χ3v) is 2.79. The number of nitrogens with one attached hydrogen (secondary N) is 3. The second-order valence-corrected chi connectivity index (χ2v) is 5.22. The number of aromatic nitrogens is 1. The lowest BCUT2D eigenvalue weighted by molar-refractivity contribution is -0.121. The first-order valence-electron chi connectivity index (χ1n) is 6.92. The maximum Gasteiger partial charge on any atom is 0.255 e. The van der Waals surface area contributed by atoms with Gasteiger partial charge in [-0.15, -0.1) is 0 Å². The third kappa shape index (κ3) is 5.78. The predicted molar refractivity (Wildman–Crippen MR) is 81.6 cm³/mol. The molecule has 0 fully saturated rings. The Bertz CT molecular complexity index is 502. The van der Waals surface area contributed by atoms with Crippen molar-refractivity contribution in [2.24, 2.45) is 11.8 Å². The van der Waals surface area contributed by atoms with Gasteiger partial charge in [-0.1, -0.05) is 13.8 Å². The van der Waals surface area contributed by atoms with Crippen molar-refractivity contribution in [1.29, 1.82) is 0 Å². The number of rotatable bonds is 7. The molecule has 2 amide bonds. The average Bonchev–Trinajstić information content (AvgIpc) is 2.44. The van der Waals surface area contributed by atoms with E-state index in [0.717, 1.165) is 5.69 Å². The zero-order valence-corrected chi connectivity index (χ0v) is 12.7. The van der Waals surface area contributed by atoms with Crippen molar-refractivity contribution < 1.29 is 9.59 Å². The number of nitrogens with two attached hydrogens (primary N) is 1. The minimum atomic E-state index is -0.313. The van der Waals surface area contributed by atoms with E-state index in [9.17, 15) is 9.59 Å². The summed E-state index contributed by atoms with van der Waals surface area (Å²) in [6, 6.07) is 1.68. The number of pyridine rings is 1. The molecule has 1 aromatic heterocycles. The Labute approximate surface area is 124 Å². The van der Waals surface area contributed by atoms with Gasteiger partial charge in [0, 0.05) is 31.4 Å². The van der Waals surface area contributed by atoms with Crippen LogP contribution in [0.4, 0.5) is 5.69 Å². The maximum atomic E-state index is 12.0. The molecule has 5 N–H and O–H groups in total. The molecule has 0 radical (unpaired) electrons. The van der Waals surface area contributed by atoms with Crippen molar-refractivity contribution in [2.45, 2.75) is 27.2 Å². The largest absolute Gasteiger partial charge is 0.356 e. The first-order chi connectivity index (χ1) is 9.93. The standard InChI is InChI=1S/C14H23N5O2/c1-9(2)7-18-13(20)4-5-16-14(21)11-8-17-10(3)6-12(11)19-15/h6,8-9H,4-5,7,15H2,1-3H3,(H,16,21)(H,17,19)(H,18,20). The number of anilines is 1. The van der Waals surface area contributed by atoms with Crippen LogP contribution < -0.4 is 21.9 Å². The number of nitrogen functional groups attached to an aromatic ring is 1. The lowest BCUT2D eigenvalue weighted by Gasteiger charge is -2.10. The number of amides is 2. The van der Waals surface area contributed by atoms with E-state index in [1.54, 1.807) is 6.07 Å². The van der Waals surface area contributed by atoms with Gasteiger partial charge in [0.25, 0.3) is 5.91 Å². The summed E-state index contributed by atoms with van der Waals surface area (Å²) in [7, 11) is 0. The van der Waals surface area contributed by atoms with Crippen LogP contribution in [0, 0.1) is 12.8 Å². The molecule has 7 heteroatoms. The molecule has 7 nitrogen and oxygen atoms in total. The summed E-state index contributed by atoms with van der Waals surface area (Å²) >= 11 is 0. The highest BCUT2D eigenvalue weighted by molar-refractivity contribution is 5.99. The van der Waals surface area contributed by atoms with E-state index in [1.165, 1.54) is 6.20 Å². The SMILES string of the molecule is Cc1cc(NN)c(C(=O)NCCC(=O)NCC(C)C)cn1. The van der Waals surface area contributed by atoms with Gasteiger partial charge in [-0.25, -0.2) is 0 Å². The van der Waals surface area contributed by atoms with Crippen LogP contribution in [0.15, 0.2) is 12.3 Å². The molecule has 0 aliphatic rings. The molecule has 0 unspecified atom stereocenters. The molecule has 0 aliphatic heterocycles. The number of carbonyl (C=O) groups excluding carboxylic acids is 2. The quantitative estimate of drug-likeness (QED) is 0.434. The normalized spacial score (nSPS) is 10.3. The Morgan fingerprint density at radius 2 is 2.05 bits per heavy atom. The summed E-state index contributed by atoms with van der Waals surface area (Å²) in [5.74, 6) is 5.39. The van der Waals surface area contributed by atoms with Gasteiger partial charge in [-0.3, -0.25) is 20.4 Å². The van der Waals surface area contributed by atoms with E-state index in [-0.39, 0.29) is 24.8 Å². The van der Waals surface area contributed by atoms with Crippen LogP contribution >= 0.6 is 0 Å². The number of hydrogen-bond donors (Lipinski definition) is 4. The first kappa shape index (κ1) is 16.9. The lowest BCUT2D eigenvalue weighted by Crippen LogP contribution is -2.32. The van der Waals surface area contributed by atoms with Crippen LogP contribution in [-0.2, 0) is 4.79 Å². The lowest BCUT2D eigenvalue weighted by atomic mass is 10.2. The zero-order valence-electron chi connectivity index (χ0n) is 12.7. The van der Waals surface area contributed by atoms with Gasteiger partial charge in [0.05, 0.1) is 11.3 Å². The van der Waals surface area contributed by atoms with Gasteiger partial charge in [-0.05, 0) is 18.9 Å². The van der Waals surface area contributed by atoms with Gasteiger partial charge in [0.1, 0.15) is 0 Å². The van der Waals surface area contributed by atoms with Crippen molar-refractivity contribution in [1.82, 2.24) is 15.6 Å². The van der Waals surface area contributed by atoms with Crippen LogP contribution in [0.1, 0.15) is 36.3 Å². The summed E-state index contributed by atoms with van der Waals surface area (Å²) in [5.41, 5.74) is 4.08. The van der Waals surface area contributed by atoms with E-state index in [2.05, 4.69) is 21.0 Å². The van der Waals surface area contributed by atoms with E-state index in [4.69, 9.17) is 5.84 Å². The minimum Gasteiger partial charge on any atom is -0.356 e. The molecule has 21 heavy (non-hydrogen) atoms. The van der Waals surface area contributed by atoms with Crippen molar-refractivity contribution >= 4 is 17.5 Å². The minimum absolute atomic E-state index is 0.0804. The molecule has 0 saturated carbocycles. The first-order valence-corrected chi connectivity index (χ1v) is 6.92. The molecular weight excluding hydrogens is 270 g/mol. The van der Waals surface area contributed by atoms with Gasteiger partial charge in [0.2, 0.25) is 5.91 Å². The van der Waals surface area contributed by atoms with Gasteiger partial charge in [-0.2, -0.15) is 0 Å². The Morgan fingerprint density at radius 3 is 2.67 bits per heavy atom. The number of aryl methyl sites for hydroxylation is 1. The second-order valence-electron chi connectivity index (χ2n) is 5.22. The fraction of sp³-hybridized carbons (Fsp3) is 0.500. The van der Waals surface area contributed by atoms with E-state index in [0.29, 0.717) is 23.7 Å². The van der Waals surface area contributed by atoms with E-state index >= 15 is 0 Å². The predicted octanol–water partition coefficient (Wildman–Crippen LogP) is 0.568. The number of hydrazine groups is 1. The van der Waals surface area contributed by atoms with Crippen LogP contribution in [0.2, 0.25) is 0 Å². The Morgan fingerprint density at radius 1 is 1.33 bits per heavy atom. The van der Waals surface area contributed by atoms with E-state index in [1.807, 2.05) is 20.8 Å². The maximum absolute atomic E-state index is 12.0. The van der Waals surface area contributed by atoms with Gasteiger partial charge in [0.15, 0.2) is 0 Å². The van der Waals surface area contributed by atoms with Crippen LogP contribution in [-0.4, -0.2) is 29.9 Å². The number of nitrogens with zero attached hydrogens (tertiary/aromatic N) is 1. The monoisotopic (exact) mass is 293 g/mol. The van der Waals surface area contributed by atoms with Gasteiger partial charge >= 0.3 is 0 Å². The third-order valence-electron chi connectivity index (χ3n) is 2.79. The topological polar surface area (TPSA) is 109 Å². The summed E-state index contributed by atoms with van der Waals surface area (Å²) in [6.07, 6.45) is 1.70. The highest BCUT2D eigenvalue weighted by atomic mass is 16.2. The zero-order chi connectivity index (χ0) is 15.8. The van der Waals surface area contributed by atoms with Crippen molar-refractivity contribution in [3.05, 3.63) is 23.5 Å². The highest BCUT2D eigenvalue weighted by Gasteiger charge is 2.12. The number of hydrogen-bond acceptors (Lipinski definition) is 5. The molecule has 1 heterocycles. The molecular formula is C14H23N5O2. The molecule has 1 rings (SSSR count). The van der Waals surface area contributed by atoms with Crippen LogP contribution in [0.25, 0.3) is 0 Å². The molecule has 0 spiro atoms. The summed E-state index contributed by atoms with van der Waals surface area (Å²) in [4.78, 5) is 27.6. The van der Waals surface area contributed by atoms with Crippen LogP contribution in [0.5, 0.6) is 0 Å². The fourth-order valence-electron chi connectivity index (χ4n) is 1.65. The smallest absolute Gasteiger partial charge is 0.255 e. The Kier molecular flexibility index (Phi) is 6.61. The van der Waals surface area contributed by atoms with Crippen molar-refractivity contribution in [3.8, 4) is 0 Å². The van der Waals surface area contributed by atoms with Crippen LogP contribution in [0.3, 0.4) is 0 Å². The van der Waals surface area contributed by atoms with Gasteiger partial charge < -0.3 is 16.1 Å². The molecule has 0 aromatic carbocycles. The van der Waals surface area contributed by atoms with Crippen molar-refractivity contribution in [3.63, 3.8) is 0 Å². The van der Waals surface area contributed by atoms with Crippen molar-refractivity contribution in [2.75, 3.05) is 18.5 Å². The molecule has 0 atom stereocenters. The molecule has 0 saturated heterocycles. The Hall–Kier alpha value is -2.15. The summed E-state index contributed by atoms with van der Waals surface area (Å²) in [6.45, 7) is 6.75.